The summed E-state index contributed by atoms with van der Waals surface area (Å²) in [6.45, 7) is 4.14. The summed E-state index contributed by atoms with van der Waals surface area (Å²) in [6, 6.07) is 7.38. The first-order valence-corrected chi connectivity index (χ1v) is 4.30. The second-order valence-electron chi connectivity index (χ2n) is 2.80. The molecule has 0 amide bonds. The molecule has 0 fully saturated rings. The number of hydrogen-bond acceptors (Lipinski definition) is 3. The van der Waals surface area contributed by atoms with Crippen LogP contribution in [0.4, 0.5) is 0 Å². The molecule has 3 heteroatoms. The minimum atomic E-state index is 0.493. The Hall–Kier alpha value is -2.00. The van der Waals surface area contributed by atoms with Gasteiger partial charge in [-0.1, -0.05) is 0 Å². The minimum absolute atomic E-state index is 0.493. The second kappa shape index (κ2) is 4.30. The Morgan fingerprint density at radius 2 is 1.71 bits per heavy atom. The van der Waals surface area contributed by atoms with E-state index in [9.17, 15) is 0 Å². The summed E-state index contributed by atoms with van der Waals surface area (Å²) in [4.78, 5) is 0. The Kier molecular flexibility index (Phi) is 3.09. The van der Waals surface area contributed by atoms with Crippen LogP contribution in [0.2, 0.25) is 0 Å². The molecule has 1 rings (SSSR count). The number of nitriles is 2. The van der Waals surface area contributed by atoms with E-state index < -0.39 is 0 Å². The second-order valence-corrected chi connectivity index (χ2v) is 2.80. The third-order valence-corrected chi connectivity index (χ3v) is 1.93. The fourth-order valence-electron chi connectivity index (χ4n) is 1.17. The summed E-state index contributed by atoms with van der Waals surface area (Å²) in [5, 5.41) is 17.6. The SMILES string of the molecule is CCOc1cc(C#N)c(C)c(C#N)c1. The van der Waals surface area contributed by atoms with Crippen LogP contribution in [0.5, 0.6) is 5.75 Å². The molecule has 0 atom stereocenters. The first-order chi connectivity index (χ1) is 6.72. The van der Waals surface area contributed by atoms with E-state index in [1.165, 1.54) is 0 Å². The van der Waals surface area contributed by atoms with Crippen molar-refractivity contribution in [2.45, 2.75) is 13.8 Å². The highest BCUT2D eigenvalue weighted by atomic mass is 16.5. The van der Waals surface area contributed by atoms with Gasteiger partial charge in [0.2, 0.25) is 0 Å². The lowest BCUT2D eigenvalue weighted by atomic mass is 10.0. The zero-order valence-electron chi connectivity index (χ0n) is 8.16. The quantitative estimate of drug-likeness (QED) is 0.710. The molecule has 0 spiro atoms. The molecular formula is C11H10N2O. The van der Waals surface area contributed by atoms with Crippen LogP contribution in [-0.4, -0.2) is 6.61 Å². The predicted molar refractivity (Wildman–Crippen MR) is 51.8 cm³/mol. The number of nitrogens with zero attached hydrogens (tertiary/aromatic N) is 2. The highest BCUT2D eigenvalue weighted by Crippen LogP contribution is 2.21. The Labute approximate surface area is 83.2 Å². The van der Waals surface area contributed by atoms with Crippen molar-refractivity contribution >= 4 is 0 Å². The van der Waals surface area contributed by atoms with Gasteiger partial charge >= 0.3 is 0 Å². The van der Waals surface area contributed by atoms with Crippen LogP contribution in [0.3, 0.4) is 0 Å². The van der Waals surface area contributed by atoms with Crippen molar-refractivity contribution in [2.24, 2.45) is 0 Å². The Morgan fingerprint density at radius 1 is 1.21 bits per heavy atom. The largest absolute Gasteiger partial charge is 0.494 e. The van der Waals surface area contributed by atoms with E-state index in [0.717, 1.165) is 0 Å². The fourth-order valence-corrected chi connectivity index (χ4v) is 1.17. The summed E-state index contributed by atoms with van der Waals surface area (Å²) in [7, 11) is 0. The summed E-state index contributed by atoms with van der Waals surface area (Å²) in [5.74, 6) is 0.575. The molecule has 0 saturated carbocycles. The third kappa shape index (κ3) is 1.84. The van der Waals surface area contributed by atoms with E-state index >= 15 is 0 Å². The number of ether oxygens (including phenoxy) is 1. The van der Waals surface area contributed by atoms with Crippen LogP contribution in [0, 0.1) is 29.6 Å². The van der Waals surface area contributed by atoms with E-state index in [2.05, 4.69) is 0 Å². The number of hydrogen-bond donors (Lipinski definition) is 0. The monoisotopic (exact) mass is 186 g/mol. The van der Waals surface area contributed by atoms with Gasteiger partial charge < -0.3 is 4.74 Å². The molecule has 1 aromatic carbocycles. The molecule has 0 saturated heterocycles. The molecule has 1 aromatic rings. The predicted octanol–water partition coefficient (Wildman–Crippen LogP) is 2.14. The molecule has 0 radical (unpaired) electrons. The summed E-state index contributed by atoms with van der Waals surface area (Å²) >= 11 is 0. The minimum Gasteiger partial charge on any atom is -0.494 e. The normalized spacial score (nSPS) is 8.86. The Bertz CT molecular complexity index is 389. The summed E-state index contributed by atoms with van der Waals surface area (Å²) < 4.78 is 5.24. The van der Waals surface area contributed by atoms with Gasteiger partial charge in [0.15, 0.2) is 0 Å². The van der Waals surface area contributed by atoms with Crippen LogP contribution in [0.1, 0.15) is 23.6 Å². The first-order valence-electron chi connectivity index (χ1n) is 4.30. The van der Waals surface area contributed by atoms with Gasteiger partial charge in [0.25, 0.3) is 0 Å². The van der Waals surface area contributed by atoms with Crippen LogP contribution < -0.4 is 4.74 Å². The standard InChI is InChI=1S/C11H10N2O/c1-3-14-11-4-9(6-12)8(2)10(5-11)7-13/h4-5H,3H2,1-2H3. The molecule has 0 aromatic heterocycles. The van der Waals surface area contributed by atoms with E-state index in [4.69, 9.17) is 15.3 Å². The zero-order chi connectivity index (χ0) is 10.6. The molecule has 0 bridgehead atoms. The van der Waals surface area contributed by atoms with Gasteiger partial charge in [-0.05, 0) is 31.5 Å². The maximum atomic E-state index is 8.82. The number of rotatable bonds is 2. The van der Waals surface area contributed by atoms with Crippen molar-refractivity contribution in [3.63, 3.8) is 0 Å². The topological polar surface area (TPSA) is 56.8 Å². The average Bonchev–Trinajstić information content (AvgIpc) is 2.20. The maximum absolute atomic E-state index is 8.82. The van der Waals surface area contributed by atoms with Crippen LogP contribution in [0.15, 0.2) is 12.1 Å². The van der Waals surface area contributed by atoms with Crippen molar-refractivity contribution in [1.82, 2.24) is 0 Å². The van der Waals surface area contributed by atoms with Gasteiger partial charge in [0.05, 0.1) is 29.9 Å². The molecule has 14 heavy (non-hydrogen) atoms. The van der Waals surface area contributed by atoms with Gasteiger partial charge in [-0.2, -0.15) is 10.5 Å². The average molecular weight is 186 g/mol. The van der Waals surface area contributed by atoms with Gasteiger partial charge in [0, 0.05) is 0 Å². The fraction of sp³-hybridized carbons (Fsp3) is 0.273. The van der Waals surface area contributed by atoms with E-state index in [0.29, 0.717) is 29.0 Å². The molecule has 0 aliphatic rings. The molecule has 0 unspecified atom stereocenters. The van der Waals surface area contributed by atoms with Gasteiger partial charge in [-0.25, -0.2) is 0 Å². The van der Waals surface area contributed by atoms with Crippen LogP contribution in [-0.2, 0) is 0 Å². The molecule has 0 aliphatic carbocycles. The third-order valence-electron chi connectivity index (χ3n) is 1.93. The van der Waals surface area contributed by atoms with Crippen LogP contribution in [0.25, 0.3) is 0 Å². The Morgan fingerprint density at radius 3 is 2.07 bits per heavy atom. The lowest BCUT2D eigenvalue weighted by molar-refractivity contribution is 0.340. The zero-order valence-corrected chi connectivity index (χ0v) is 8.16. The number of benzene rings is 1. The molecular weight excluding hydrogens is 176 g/mol. The van der Waals surface area contributed by atoms with Crippen LogP contribution >= 0.6 is 0 Å². The summed E-state index contributed by atoms with van der Waals surface area (Å²) in [5.41, 5.74) is 1.69. The van der Waals surface area contributed by atoms with Crippen molar-refractivity contribution in [2.75, 3.05) is 6.61 Å². The van der Waals surface area contributed by atoms with Crippen molar-refractivity contribution in [1.29, 1.82) is 10.5 Å². The summed E-state index contributed by atoms with van der Waals surface area (Å²) in [6.07, 6.45) is 0. The van der Waals surface area contributed by atoms with Gasteiger partial charge in [-0.15, -0.1) is 0 Å². The lowest BCUT2D eigenvalue weighted by Gasteiger charge is -2.06. The molecule has 0 aliphatic heterocycles. The van der Waals surface area contributed by atoms with E-state index in [1.54, 1.807) is 19.1 Å². The van der Waals surface area contributed by atoms with E-state index in [-0.39, 0.29) is 0 Å². The first kappa shape index (κ1) is 10.1. The molecule has 70 valence electrons. The van der Waals surface area contributed by atoms with E-state index in [1.807, 2.05) is 19.1 Å². The smallest absolute Gasteiger partial charge is 0.121 e. The maximum Gasteiger partial charge on any atom is 0.121 e. The van der Waals surface area contributed by atoms with Crippen molar-refractivity contribution in [3.05, 3.63) is 28.8 Å². The van der Waals surface area contributed by atoms with Crippen molar-refractivity contribution in [3.8, 4) is 17.9 Å². The van der Waals surface area contributed by atoms with Crippen molar-refractivity contribution < 1.29 is 4.74 Å². The highest BCUT2D eigenvalue weighted by molar-refractivity contribution is 5.52. The highest BCUT2D eigenvalue weighted by Gasteiger charge is 2.06. The molecule has 3 nitrogen and oxygen atoms in total. The lowest BCUT2D eigenvalue weighted by Crippen LogP contribution is -1.95. The molecule has 0 heterocycles. The Balaban J connectivity index is 3.28. The molecule has 0 N–H and O–H groups in total. The van der Waals surface area contributed by atoms with Gasteiger partial charge in [-0.3, -0.25) is 0 Å². The van der Waals surface area contributed by atoms with Gasteiger partial charge in [0.1, 0.15) is 5.75 Å².